The molecule has 1 aliphatic carbocycles. The maximum absolute atomic E-state index is 10.8. The molecule has 5 N–H and O–H groups in total. The number of aliphatic hydroxyl groups excluding tert-OH is 2. The third kappa shape index (κ3) is 5.44. The molecule has 2 aliphatic heterocycles. The summed E-state index contributed by atoms with van der Waals surface area (Å²) in [4.78, 5) is 22.1. The summed E-state index contributed by atoms with van der Waals surface area (Å²) in [5.74, 6) is 0.371. The van der Waals surface area contributed by atoms with E-state index in [1.807, 2.05) is 42.0 Å². The number of aliphatic hydroxyl groups is 2. The summed E-state index contributed by atoms with van der Waals surface area (Å²) in [6.45, 7) is 3.08. The highest BCUT2D eigenvalue weighted by molar-refractivity contribution is 9.10. The Labute approximate surface area is 211 Å². The van der Waals surface area contributed by atoms with Crippen LogP contribution in [-0.4, -0.2) is 53.0 Å². The Kier molecular flexibility index (Phi) is 7.34. The molecule has 1 aromatic heterocycles. The minimum absolute atomic E-state index is 0.00960. The van der Waals surface area contributed by atoms with Crippen LogP contribution in [0, 0.1) is 12.8 Å². The lowest BCUT2D eigenvalue weighted by Gasteiger charge is -2.22. The van der Waals surface area contributed by atoms with Crippen molar-refractivity contribution in [3.8, 4) is 11.5 Å². The van der Waals surface area contributed by atoms with E-state index in [2.05, 4.69) is 36.9 Å². The highest BCUT2D eigenvalue weighted by Gasteiger charge is 2.42. The first-order valence-electron chi connectivity index (χ1n) is 11.3. The van der Waals surface area contributed by atoms with Gasteiger partial charge in [-0.25, -0.2) is 15.0 Å². The zero-order chi connectivity index (χ0) is 25.3. The van der Waals surface area contributed by atoms with E-state index in [1.54, 1.807) is 0 Å². The van der Waals surface area contributed by atoms with Crippen LogP contribution < -0.4 is 5.73 Å². The maximum atomic E-state index is 10.8. The summed E-state index contributed by atoms with van der Waals surface area (Å²) in [6.07, 6.45) is 4.15. The average Bonchev–Trinajstić information content (AvgIpc) is 3.37. The molecule has 9 nitrogen and oxygen atoms in total. The molecule has 184 valence electrons. The molecule has 2 aromatic rings. The van der Waals surface area contributed by atoms with E-state index in [0.29, 0.717) is 12.2 Å². The van der Waals surface area contributed by atoms with Gasteiger partial charge in [-0.2, -0.15) is 0 Å². The first kappa shape index (κ1) is 25.0. The number of halogens is 1. The number of carboxylic acid groups (broad SMARTS) is 1. The Bertz CT molecular complexity index is 1320. The number of nitrogens with two attached hydrogens (primary N) is 1. The summed E-state index contributed by atoms with van der Waals surface area (Å²) >= 11 is 3.41. The first-order chi connectivity index (χ1) is 16.6. The molecule has 35 heavy (non-hydrogen) atoms. The molecule has 4 atom stereocenters. The van der Waals surface area contributed by atoms with E-state index >= 15 is 0 Å². The number of benzene rings is 1. The van der Waals surface area contributed by atoms with Crippen LogP contribution in [0.4, 0.5) is 5.82 Å². The van der Waals surface area contributed by atoms with Crippen LogP contribution in [0.1, 0.15) is 36.9 Å². The van der Waals surface area contributed by atoms with Crippen molar-refractivity contribution < 1.29 is 20.1 Å². The number of carboxylic acids is 1. The molecule has 1 aromatic carbocycles. The Morgan fingerprint density at radius 2 is 1.94 bits per heavy atom. The topological polar surface area (TPSA) is 147 Å². The van der Waals surface area contributed by atoms with Gasteiger partial charge in [0.1, 0.15) is 23.9 Å². The van der Waals surface area contributed by atoms with Gasteiger partial charge in [-0.15, -0.1) is 0 Å². The van der Waals surface area contributed by atoms with Crippen LogP contribution in [0.2, 0.25) is 0 Å². The highest BCUT2D eigenvalue weighted by Crippen LogP contribution is 2.40. The zero-order valence-corrected chi connectivity index (χ0v) is 21.1. The molecule has 0 amide bonds. The van der Waals surface area contributed by atoms with Crippen LogP contribution >= 0.6 is 15.9 Å². The van der Waals surface area contributed by atoms with Gasteiger partial charge >= 0.3 is 0 Å². The normalized spacial score (nSPS) is 21.7. The van der Waals surface area contributed by atoms with Gasteiger partial charge < -0.3 is 25.6 Å². The molecule has 0 saturated heterocycles. The van der Waals surface area contributed by atoms with Crippen molar-refractivity contribution in [2.45, 2.75) is 51.4 Å². The number of nitrogen functional groups attached to an aromatic ring is 1. The molecular formula is C25H28BrN5O4. The molecular weight excluding hydrogens is 514 g/mol. The number of aryl methyl sites for hydroxylation is 2. The number of anilines is 1. The van der Waals surface area contributed by atoms with Crippen LogP contribution in [0.3, 0.4) is 0 Å². The molecule has 3 aliphatic rings. The predicted molar refractivity (Wildman–Crippen MR) is 136 cm³/mol. The Hall–Kier alpha value is -3.08. The fourth-order valence-electron chi connectivity index (χ4n) is 4.73. The smallest absolute Gasteiger partial charge is 0.300 e. The Balaban J connectivity index is 0.000000672. The first-order valence-corrected chi connectivity index (χ1v) is 12.1. The molecule has 1 fully saturated rings. The molecule has 1 saturated carbocycles. The molecule has 0 radical (unpaired) electrons. The van der Waals surface area contributed by atoms with Crippen LogP contribution in [0.25, 0.3) is 22.4 Å². The van der Waals surface area contributed by atoms with Crippen molar-refractivity contribution in [1.29, 1.82) is 0 Å². The lowest BCUT2D eigenvalue weighted by atomic mass is 9.95. The summed E-state index contributed by atoms with van der Waals surface area (Å²) in [5, 5.41) is 30.0. The molecule has 0 bridgehead atoms. The number of rotatable bonds is 4. The van der Waals surface area contributed by atoms with Crippen LogP contribution in [-0.2, 0) is 11.2 Å². The number of nitrogens with zero attached hydrogens (tertiary/aromatic N) is 4. The number of carbonyl (C=O) groups is 1. The monoisotopic (exact) mass is 541 g/mol. The standard InChI is InChI=1S/C23H24BrN5O2.C2H4O2/c1-12-6-18-23(27-11-26-18)29(10-12)19-9-15(20(30)21(19)31)5-3-13-2-4-14-8-16(24)22(25)28-17(14)7-13;1-2(3)4/h2,4,6-8,10-11,15,19-21,30-31H,3,5,9H2,1H3,(H2,25,28);1H3,(H,3,4)/t15-,19+,20+,21-;/m0./s1. The van der Waals surface area contributed by atoms with Crippen molar-refractivity contribution in [2.24, 2.45) is 5.92 Å². The van der Waals surface area contributed by atoms with Gasteiger partial charge in [-0.05, 0) is 77.4 Å². The second-order valence-corrected chi connectivity index (χ2v) is 9.85. The lowest BCUT2D eigenvalue weighted by Crippen LogP contribution is -2.30. The van der Waals surface area contributed by atoms with Gasteiger partial charge in [0.15, 0.2) is 5.82 Å². The number of aliphatic carboxylic acids is 1. The third-order valence-corrected chi connectivity index (χ3v) is 6.99. The minimum atomic E-state index is -0.841. The fourth-order valence-corrected chi connectivity index (χ4v) is 5.06. The van der Waals surface area contributed by atoms with Gasteiger partial charge in [0.2, 0.25) is 0 Å². The average molecular weight is 542 g/mol. The third-order valence-electron chi connectivity index (χ3n) is 6.35. The summed E-state index contributed by atoms with van der Waals surface area (Å²) < 4.78 is 2.77. The number of aromatic nitrogens is 4. The van der Waals surface area contributed by atoms with Gasteiger partial charge in [0.05, 0.1) is 22.1 Å². The van der Waals surface area contributed by atoms with Crippen molar-refractivity contribution in [3.63, 3.8) is 0 Å². The number of pyridine rings is 2. The zero-order valence-electron chi connectivity index (χ0n) is 19.5. The number of imidazole rings is 1. The minimum Gasteiger partial charge on any atom is -0.481 e. The largest absolute Gasteiger partial charge is 0.481 e. The molecule has 0 spiro atoms. The van der Waals surface area contributed by atoms with Crippen molar-refractivity contribution in [1.82, 2.24) is 19.5 Å². The quantitative estimate of drug-likeness (QED) is 0.306. The van der Waals surface area contributed by atoms with E-state index in [1.165, 1.54) is 6.33 Å². The van der Waals surface area contributed by atoms with Crippen LogP contribution in [0.15, 0.2) is 47.3 Å². The molecule has 3 heterocycles. The van der Waals surface area contributed by atoms with E-state index in [0.717, 1.165) is 57.8 Å². The Morgan fingerprint density at radius 3 is 2.69 bits per heavy atom. The van der Waals surface area contributed by atoms with E-state index < -0.39 is 18.2 Å². The van der Waals surface area contributed by atoms with E-state index in [4.69, 9.17) is 15.6 Å². The van der Waals surface area contributed by atoms with Crippen molar-refractivity contribution >= 4 is 38.6 Å². The number of fused-ring (bicyclic) bond motifs is 2. The second kappa shape index (κ2) is 10.3. The van der Waals surface area contributed by atoms with E-state index in [9.17, 15) is 10.2 Å². The Morgan fingerprint density at radius 1 is 1.20 bits per heavy atom. The van der Waals surface area contributed by atoms with Gasteiger partial charge in [-0.3, -0.25) is 4.79 Å². The highest BCUT2D eigenvalue weighted by atomic mass is 79.9. The number of hydrogen-bond donors (Lipinski definition) is 4. The summed E-state index contributed by atoms with van der Waals surface area (Å²) in [7, 11) is 0. The SMILES string of the molecule is CC(=O)O.Cc1cc2ncnc-2n([C@@H]2C[C@H](CCc3ccc4cc(Br)c(N)nc4c3)[C@@H](O)[C@H]2O)c1. The van der Waals surface area contributed by atoms with E-state index in [-0.39, 0.29) is 12.0 Å². The van der Waals surface area contributed by atoms with Crippen LogP contribution in [0.5, 0.6) is 0 Å². The van der Waals surface area contributed by atoms with Gasteiger partial charge in [0.25, 0.3) is 5.97 Å². The maximum Gasteiger partial charge on any atom is 0.300 e. The van der Waals surface area contributed by atoms with Gasteiger partial charge in [-0.1, -0.05) is 12.1 Å². The van der Waals surface area contributed by atoms with Crippen molar-refractivity contribution in [3.05, 3.63) is 58.5 Å². The van der Waals surface area contributed by atoms with Gasteiger partial charge in [0, 0.05) is 18.5 Å². The lowest BCUT2D eigenvalue weighted by molar-refractivity contribution is -0.134. The fraction of sp³-hybridized carbons (Fsp3) is 0.360. The number of hydrogen-bond acceptors (Lipinski definition) is 7. The second-order valence-electron chi connectivity index (χ2n) is 8.99. The molecule has 10 heteroatoms. The summed E-state index contributed by atoms with van der Waals surface area (Å²) in [5.41, 5.74) is 9.77. The predicted octanol–water partition coefficient (Wildman–Crippen LogP) is 3.59. The molecule has 5 rings (SSSR count). The van der Waals surface area contributed by atoms with Crippen molar-refractivity contribution in [2.75, 3.05) is 5.73 Å². The summed E-state index contributed by atoms with van der Waals surface area (Å²) in [6, 6.07) is 9.89. The molecule has 0 unspecified atom stereocenters.